The van der Waals surface area contributed by atoms with E-state index in [0.29, 0.717) is 24.5 Å². The van der Waals surface area contributed by atoms with Crippen LogP contribution < -0.4 is 5.32 Å². The van der Waals surface area contributed by atoms with Gasteiger partial charge in [-0.3, -0.25) is 9.48 Å². The van der Waals surface area contributed by atoms with E-state index in [4.69, 9.17) is 0 Å². The van der Waals surface area contributed by atoms with Crippen LogP contribution in [-0.4, -0.2) is 39.4 Å². The summed E-state index contributed by atoms with van der Waals surface area (Å²) < 4.78 is 11.9. The first-order valence-electron chi connectivity index (χ1n) is 9.07. The molecule has 1 amide bonds. The summed E-state index contributed by atoms with van der Waals surface area (Å²) >= 11 is 1.16. The SMILES string of the molecule is Cc1ccccc1Cn1cc(NC(=O)c2nnn(Cc3nsnc3C)c2C)cn1. The van der Waals surface area contributed by atoms with E-state index < -0.39 is 0 Å². The number of carbonyl (C=O) groups excluding carboxylic acids is 1. The molecular formula is C19H20N8OS. The topological polar surface area (TPSA) is 103 Å². The molecule has 0 atom stereocenters. The van der Waals surface area contributed by atoms with Crippen molar-refractivity contribution in [3.8, 4) is 0 Å². The molecular weight excluding hydrogens is 388 g/mol. The zero-order valence-corrected chi connectivity index (χ0v) is 17.1. The average Bonchev–Trinajstić information content (AvgIpc) is 3.40. The number of nitrogens with one attached hydrogen (secondary N) is 1. The highest BCUT2D eigenvalue weighted by atomic mass is 32.1. The smallest absolute Gasteiger partial charge is 0.278 e. The van der Waals surface area contributed by atoms with E-state index in [2.05, 4.69) is 48.5 Å². The Morgan fingerprint density at radius 3 is 2.72 bits per heavy atom. The summed E-state index contributed by atoms with van der Waals surface area (Å²) in [6.45, 7) is 6.84. The van der Waals surface area contributed by atoms with Gasteiger partial charge in [0.1, 0.15) is 0 Å². The number of aromatic nitrogens is 7. The van der Waals surface area contributed by atoms with Crippen LogP contribution in [0.15, 0.2) is 36.7 Å². The Labute approximate surface area is 171 Å². The molecule has 0 saturated heterocycles. The van der Waals surface area contributed by atoms with Crippen molar-refractivity contribution in [2.24, 2.45) is 0 Å². The number of amides is 1. The number of benzene rings is 1. The van der Waals surface area contributed by atoms with Gasteiger partial charge in [-0.05, 0) is 31.9 Å². The summed E-state index contributed by atoms with van der Waals surface area (Å²) in [5.41, 5.74) is 5.62. The lowest BCUT2D eigenvalue weighted by atomic mass is 10.1. The highest BCUT2D eigenvalue weighted by molar-refractivity contribution is 6.99. The molecule has 3 aromatic heterocycles. The summed E-state index contributed by atoms with van der Waals surface area (Å²) in [4.78, 5) is 12.6. The van der Waals surface area contributed by atoms with Crippen molar-refractivity contribution in [2.75, 3.05) is 5.32 Å². The first-order valence-corrected chi connectivity index (χ1v) is 9.80. The number of anilines is 1. The summed E-state index contributed by atoms with van der Waals surface area (Å²) in [7, 11) is 0. The van der Waals surface area contributed by atoms with Gasteiger partial charge in [-0.15, -0.1) is 5.10 Å². The predicted octanol–water partition coefficient (Wildman–Crippen LogP) is 2.60. The predicted molar refractivity (Wildman–Crippen MR) is 109 cm³/mol. The van der Waals surface area contributed by atoms with E-state index in [0.717, 1.165) is 23.1 Å². The summed E-state index contributed by atoms with van der Waals surface area (Å²) in [5, 5.41) is 15.3. The largest absolute Gasteiger partial charge is 0.318 e. The Morgan fingerprint density at radius 2 is 1.97 bits per heavy atom. The lowest BCUT2D eigenvalue weighted by Gasteiger charge is -2.05. The zero-order chi connectivity index (χ0) is 20.4. The molecule has 0 aliphatic rings. The molecule has 148 valence electrons. The first-order chi connectivity index (χ1) is 14.0. The van der Waals surface area contributed by atoms with E-state index in [1.54, 1.807) is 21.8 Å². The Balaban J connectivity index is 1.44. The molecule has 9 nitrogen and oxygen atoms in total. The van der Waals surface area contributed by atoms with Crippen LogP contribution in [0.1, 0.15) is 38.7 Å². The maximum Gasteiger partial charge on any atom is 0.278 e. The number of aryl methyl sites for hydroxylation is 2. The van der Waals surface area contributed by atoms with E-state index in [1.807, 2.05) is 26.0 Å². The molecule has 0 spiro atoms. The van der Waals surface area contributed by atoms with Gasteiger partial charge in [0.05, 0.1) is 53.8 Å². The Morgan fingerprint density at radius 1 is 1.14 bits per heavy atom. The lowest BCUT2D eigenvalue weighted by Crippen LogP contribution is -2.14. The summed E-state index contributed by atoms with van der Waals surface area (Å²) in [6.07, 6.45) is 3.43. The third kappa shape index (κ3) is 4.06. The number of nitrogens with zero attached hydrogens (tertiary/aromatic N) is 7. The summed E-state index contributed by atoms with van der Waals surface area (Å²) in [6, 6.07) is 8.15. The summed E-state index contributed by atoms with van der Waals surface area (Å²) in [5.74, 6) is -0.322. The third-order valence-corrected chi connectivity index (χ3v) is 5.39. The van der Waals surface area contributed by atoms with E-state index in [9.17, 15) is 4.79 Å². The fourth-order valence-corrected chi connectivity index (χ4v) is 3.48. The maximum absolute atomic E-state index is 12.6. The van der Waals surface area contributed by atoms with Gasteiger partial charge in [-0.25, -0.2) is 4.68 Å². The van der Waals surface area contributed by atoms with Crippen molar-refractivity contribution in [3.05, 3.63) is 70.6 Å². The third-order valence-electron chi connectivity index (χ3n) is 4.73. The molecule has 0 aliphatic heterocycles. The van der Waals surface area contributed by atoms with Gasteiger partial charge in [-0.2, -0.15) is 13.8 Å². The van der Waals surface area contributed by atoms with Gasteiger partial charge in [0, 0.05) is 6.20 Å². The number of hydrogen-bond donors (Lipinski definition) is 1. The molecule has 4 aromatic rings. The van der Waals surface area contributed by atoms with Crippen LogP contribution in [0.4, 0.5) is 5.69 Å². The second kappa shape index (κ2) is 7.92. The van der Waals surface area contributed by atoms with Crippen molar-refractivity contribution in [1.82, 2.24) is 33.5 Å². The highest BCUT2D eigenvalue weighted by Gasteiger charge is 2.18. The fourth-order valence-electron chi connectivity index (χ4n) is 2.92. The van der Waals surface area contributed by atoms with E-state index in [-0.39, 0.29) is 11.6 Å². The van der Waals surface area contributed by atoms with Crippen molar-refractivity contribution >= 4 is 23.3 Å². The molecule has 1 N–H and O–H groups in total. The molecule has 0 aliphatic carbocycles. The molecule has 0 radical (unpaired) electrons. The molecule has 0 unspecified atom stereocenters. The van der Waals surface area contributed by atoms with Gasteiger partial charge in [0.2, 0.25) is 0 Å². The number of carbonyl (C=O) groups is 1. The number of rotatable bonds is 6. The van der Waals surface area contributed by atoms with Crippen molar-refractivity contribution in [2.45, 2.75) is 33.9 Å². The molecule has 29 heavy (non-hydrogen) atoms. The van der Waals surface area contributed by atoms with Crippen LogP contribution >= 0.6 is 11.7 Å². The molecule has 0 fully saturated rings. The van der Waals surface area contributed by atoms with Crippen molar-refractivity contribution in [1.29, 1.82) is 0 Å². The van der Waals surface area contributed by atoms with Crippen LogP contribution in [0.25, 0.3) is 0 Å². The lowest BCUT2D eigenvalue weighted by molar-refractivity contribution is 0.102. The van der Waals surface area contributed by atoms with Crippen LogP contribution in [0.5, 0.6) is 0 Å². The van der Waals surface area contributed by atoms with Crippen LogP contribution in [0.3, 0.4) is 0 Å². The minimum Gasteiger partial charge on any atom is -0.318 e. The second-order valence-electron chi connectivity index (χ2n) is 6.78. The van der Waals surface area contributed by atoms with Crippen molar-refractivity contribution in [3.63, 3.8) is 0 Å². The van der Waals surface area contributed by atoms with Gasteiger partial charge in [-0.1, -0.05) is 29.5 Å². The Bertz CT molecular complexity index is 1160. The minimum absolute atomic E-state index is 0.275. The minimum atomic E-state index is -0.322. The molecule has 3 heterocycles. The van der Waals surface area contributed by atoms with Gasteiger partial charge in [0.25, 0.3) is 5.91 Å². The first kappa shape index (κ1) is 18.9. The van der Waals surface area contributed by atoms with E-state index >= 15 is 0 Å². The molecule has 10 heteroatoms. The second-order valence-corrected chi connectivity index (χ2v) is 7.31. The monoisotopic (exact) mass is 408 g/mol. The van der Waals surface area contributed by atoms with Crippen LogP contribution in [-0.2, 0) is 13.1 Å². The molecule has 4 rings (SSSR count). The number of hydrogen-bond acceptors (Lipinski definition) is 7. The van der Waals surface area contributed by atoms with Crippen LogP contribution in [0, 0.1) is 20.8 Å². The Hall–Kier alpha value is -3.40. The molecule has 1 aromatic carbocycles. The quantitative estimate of drug-likeness (QED) is 0.526. The maximum atomic E-state index is 12.6. The standard InChI is InChI=1S/C19H20N8OS/c1-12-6-4-5-7-15(12)9-26-10-16(8-20-26)21-19(28)18-14(3)27(25-22-18)11-17-13(2)23-29-24-17/h4-8,10H,9,11H2,1-3H3,(H,21,28). The fraction of sp³-hybridized carbons (Fsp3) is 0.263. The zero-order valence-electron chi connectivity index (χ0n) is 16.3. The van der Waals surface area contributed by atoms with Gasteiger partial charge >= 0.3 is 0 Å². The average molecular weight is 408 g/mol. The molecule has 0 saturated carbocycles. The van der Waals surface area contributed by atoms with Crippen LogP contribution in [0.2, 0.25) is 0 Å². The van der Waals surface area contributed by atoms with Gasteiger partial charge in [0.15, 0.2) is 5.69 Å². The Kier molecular flexibility index (Phi) is 5.17. The normalized spacial score (nSPS) is 11.0. The van der Waals surface area contributed by atoms with E-state index in [1.165, 1.54) is 11.1 Å². The molecule has 0 bridgehead atoms. The highest BCUT2D eigenvalue weighted by Crippen LogP contribution is 2.14. The van der Waals surface area contributed by atoms with Crippen molar-refractivity contribution < 1.29 is 4.79 Å². The van der Waals surface area contributed by atoms with Gasteiger partial charge < -0.3 is 5.32 Å².